The Labute approximate surface area is 129 Å². The second-order valence-electron chi connectivity index (χ2n) is 4.23. The fraction of sp³-hybridized carbons (Fsp3) is 0.500. The SMILES string of the molecule is COCCOCCCNC(=O)Cc1ccc(Cl)c(Cl)c1. The van der Waals surface area contributed by atoms with Crippen molar-refractivity contribution in [1.82, 2.24) is 5.32 Å². The van der Waals surface area contributed by atoms with Crippen molar-refractivity contribution in [3.63, 3.8) is 0 Å². The van der Waals surface area contributed by atoms with Crippen LogP contribution in [0.25, 0.3) is 0 Å². The van der Waals surface area contributed by atoms with Crippen LogP contribution in [0, 0.1) is 0 Å². The van der Waals surface area contributed by atoms with Crippen molar-refractivity contribution < 1.29 is 14.3 Å². The van der Waals surface area contributed by atoms with Crippen LogP contribution < -0.4 is 5.32 Å². The molecule has 1 aromatic rings. The third kappa shape index (κ3) is 7.10. The topological polar surface area (TPSA) is 47.6 Å². The zero-order valence-electron chi connectivity index (χ0n) is 11.5. The van der Waals surface area contributed by atoms with Crippen LogP contribution in [0.2, 0.25) is 10.0 Å². The first-order valence-corrected chi connectivity index (χ1v) is 7.16. The fourth-order valence-electron chi connectivity index (χ4n) is 1.54. The maximum atomic E-state index is 11.7. The highest BCUT2D eigenvalue weighted by molar-refractivity contribution is 6.42. The number of carbonyl (C=O) groups is 1. The Bertz CT molecular complexity index is 427. The summed E-state index contributed by atoms with van der Waals surface area (Å²) < 4.78 is 10.2. The lowest BCUT2D eigenvalue weighted by Crippen LogP contribution is -2.26. The number of halogens is 2. The van der Waals surface area contributed by atoms with Gasteiger partial charge in [0.2, 0.25) is 5.91 Å². The maximum absolute atomic E-state index is 11.7. The van der Waals surface area contributed by atoms with Gasteiger partial charge in [0.05, 0.1) is 29.7 Å². The molecular weight excluding hydrogens is 301 g/mol. The molecule has 1 aromatic carbocycles. The maximum Gasteiger partial charge on any atom is 0.224 e. The Kier molecular flexibility index (Phi) is 8.62. The van der Waals surface area contributed by atoms with Gasteiger partial charge in [-0.05, 0) is 24.1 Å². The van der Waals surface area contributed by atoms with Gasteiger partial charge in [0, 0.05) is 20.3 Å². The first kappa shape index (κ1) is 17.2. The zero-order valence-corrected chi connectivity index (χ0v) is 13.0. The Morgan fingerprint density at radius 2 is 2.00 bits per heavy atom. The van der Waals surface area contributed by atoms with Crippen LogP contribution in [0.1, 0.15) is 12.0 Å². The Hall–Kier alpha value is -0.810. The third-order valence-corrected chi connectivity index (χ3v) is 3.31. The normalized spacial score (nSPS) is 10.6. The highest BCUT2D eigenvalue weighted by Crippen LogP contribution is 2.22. The van der Waals surface area contributed by atoms with Gasteiger partial charge < -0.3 is 14.8 Å². The van der Waals surface area contributed by atoms with Crippen molar-refractivity contribution in [2.24, 2.45) is 0 Å². The number of nitrogens with one attached hydrogen (secondary N) is 1. The number of carbonyl (C=O) groups excluding carboxylic acids is 1. The summed E-state index contributed by atoms with van der Waals surface area (Å²) in [5, 5.41) is 3.78. The second-order valence-corrected chi connectivity index (χ2v) is 5.05. The highest BCUT2D eigenvalue weighted by atomic mass is 35.5. The van der Waals surface area contributed by atoms with Gasteiger partial charge in [0.1, 0.15) is 0 Å². The monoisotopic (exact) mass is 319 g/mol. The standard InChI is InChI=1S/C14H19Cl2NO3/c1-19-7-8-20-6-2-5-17-14(18)10-11-3-4-12(15)13(16)9-11/h3-4,9H,2,5-8,10H2,1H3,(H,17,18). The second kappa shape index (κ2) is 10.00. The van der Waals surface area contributed by atoms with E-state index in [0.717, 1.165) is 12.0 Å². The van der Waals surface area contributed by atoms with Crippen LogP contribution in [0.5, 0.6) is 0 Å². The molecule has 0 aromatic heterocycles. The number of methoxy groups -OCH3 is 1. The van der Waals surface area contributed by atoms with E-state index in [4.69, 9.17) is 32.7 Å². The smallest absolute Gasteiger partial charge is 0.224 e. The molecule has 1 amide bonds. The molecule has 112 valence electrons. The Balaban J connectivity index is 2.15. The first-order chi connectivity index (χ1) is 9.63. The van der Waals surface area contributed by atoms with E-state index in [9.17, 15) is 4.79 Å². The van der Waals surface area contributed by atoms with E-state index in [1.54, 1.807) is 25.3 Å². The molecule has 0 radical (unpaired) electrons. The minimum Gasteiger partial charge on any atom is -0.382 e. The summed E-state index contributed by atoms with van der Waals surface area (Å²) >= 11 is 11.7. The zero-order chi connectivity index (χ0) is 14.8. The number of amides is 1. The summed E-state index contributed by atoms with van der Waals surface area (Å²) in [5.74, 6) is -0.0414. The molecule has 0 fully saturated rings. The number of rotatable bonds is 9. The molecule has 0 saturated heterocycles. The van der Waals surface area contributed by atoms with Gasteiger partial charge in [0.25, 0.3) is 0 Å². The molecule has 20 heavy (non-hydrogen) atoms. The van der Waals surface area contributed by atoms with Gasteiger partial charge in [-0.1, -0.05) is 29.3 Å². The summed E-state index contributed by atoms with van der Waals surface area (Å²) in [4.78, 5) is 11.7. The lowest BCUT2D eigenvalue weighted by atomic mass is 10.1. The molecule has 0 aliphatic heterocycles. The van der Waals surface area contributed by atoms with Gasteiger partial charge in [-0.3, -0.25) is 4.79 Å². The molecule has 1 rings (SSSR count). The van der Waals surface area contributed by atoms with E-state index in [0.29, 0.717) is 42.8 Å². The van der Waals surface area contributed by atoms with Crippen LogP contribution >= 0.6 is 23.2 Å². The van der Waals surface area contributed by atoms with Crippen molar-refractivity contribution in [1.29, 1.82) is 0 Å². The van der Waals surface area contributed by atoms with Crippen LogP contribution in [0.3, 0.4) is 0 Å². The molecule has 0 saturated carbocycles. The van der Waals surface area contributed by atoms with Gasteiger partial charge in [-0.15, -0.1) is 0 Å². The van der Waals surface area contributed by atoms with Crippen molar-refractivity contribution >= 4 is 29.1 Å². The summed E-state index contributed by atoms with van der Waals surface area (Å²) in [6.45, 7) is 2.36. The molecule has 0 aliphatic carbocycles. The van der Waals surface area contributed by atoms with Crippen molar-refractivity contribution in [3.8, 4) is 0 Å². The Morgan fingerprint density at radius 1 is 1.20 bits per heavy atom. The summed E-state index contributed by atoms with van der Waals surface area (Å²) in [6.07, 6.45) is 1.07. The summed E-state index contributed by atoms with van der Waals surface area (Å²) in [7, 11) is 1.63. The largest absolute Gasteiger partial charge is 0.382 e. The summed E-state index contributed by atoms with van der Waals surface area (Å²) in [5.41, 5.74) is 0.841. The molecule has 0 heterocycles. The van der Waals surface area contributed by atoms with E-state index in [-0.39, 0.29) is 5.91 Å². The average molecular weight is 320 g/mol. The molecule has 0 unspecified atom stereocenters. The number of benzene rings is 1. The predicted molar refractivity (Wildman–Crippen MR) is 80.5 cm³/mol. The predicted octanol–water partition coefficient (Wildman–Crippen LogP) is 2.71. The van der Waals surface area contributed by atoms with Crippen LogP contribution in [0.4, 0.5) is 0 Å². The van der Waals surface area contributed by atoms with Crippen LogP contribution in [-0.2, 0) is 20.7 Å². The lowest BCUT2D eigenvalue weighted by Gasteiger charge is -2.07. The van der Waals surface area contributed by atoms with Gasteiger partial charge in [0.15, 0.2) is 0 Å². The van der Waals surface area contributed by atoms with E-state index in [2.05, 4.69) is 5.32 Å². The molecular formula is C14H19Cl2NO3. The van der Waals surface area contributed by atoms with Gasteiger partial charge in [-0.25, -0.2) is 0 Å². The van der Waals surface area contributed by atoms with E-state index < -0.39 is 0 Å². The van der Waals surface area contributed by atoms with Gasteiger partial charge >= 0.3 is 0 Å². The average Bonchev–Trinajstić information content (AvgIpc) is 2.42. The van der Waals surface area contributed by atoms with E-state index >= 15 is 0 Å². The van der Waals surface area contributed by atoms with Crippen molar-refractivity contribution in [2.45, 2.75) is 12.8 Å². The molecule has 4 nitrogen and oxygen atoms in total. The number of hydrogen-bond acceptors (Lipinski definition) is 3. The summed E-state index contributed by atoms with van der Waals surface area (Å²) in [6, 6.07) is 5.19. The molecule has 0 aliphatic rings. The van der Waals surface area contributed by atoms with Crippen molar-refractivity contribution in [3.05, 3.63) is 33.8 Å². The minimum atomic E-state index is -0.0414. The molecule has 0 bridgehead atoms. The van der Waals surface area contributed by atoms with E-state index in [1.807, 2.05) is 0 Å². The highest BCUT2D eigenvalue weighted by Gasteiger charge is 2.05. The minimum absolute atomic E-state index is 0.0414. The number of hydrogen-bond donors (Lipinski definition) is 1. The van der Waals surface area contributed by atoms with Crippen LogP contribution in [-0.4, -0.2) is 39.4 Å². The first-order valence-electron chi connectivity index (χ1n) is 6.41. The number of ether oxygens (including phenoxy) is 2. The molecule has 0 spiro atoms. The lowest BCUT2D eigenvalue weighted by molar-refractivity contribution is -0.120. The third-order valence-electron chi connectivity index (χ3n) is 2.57. The fourth-order valence-corrected chi connectivity index (χ4v) is 1.86. The molecule has 0 atom stereocenters. The van der Waals surface area contributed by atoms with Crippen molar-refractivity contribution in [2.75, 3.05) is 33.5 Å². The quantitative estimate of drug-likeness (QED) is 0.712. The van der Waals surface area contributed by atoms with Crippen LogP contribution in [0.15, 0.2) is 18.2 Å². The Morgan fingerprint density at radius 3 is 2.70 bits per heavy atom. The molecule has 6 heteroatoms. The van der Waals surface area contributed by atoms with Gasteiger partial charge in [-0.2, -0.15) is 0 Å². The van der Waals surface area contributed by atoms with E-state index in [1.165, 1.54) is 0 Å². The molecule has 1 N–H and O–H groups in total.